The van der Waals surface area contributed by atoms with E-state index in [4.69, 9.17) is 0 Å². The fraction of sp³-hybridized carbons (Fsp3) is 0.448. The molecule has 0 N–H and O–H groups in total. The molecule has 2 unspecified atom stereocenters. The Hall–Kier alpha value is -0.993. The van der Waals surface area contributed by atoms with Crippen LogP contribution in [0, 0.1) is 0 Å². The van der Waals surface area contributed by atoms with Gasteiger partial charge in [-0.3, -0.25) is 0 Å². The Kier molecular flexibility index (Phi) is 5.38. The molecule has 4 aliphatic carbocycles. The molecular formula is C29H34HfSi. The molecule has 2 saturated carbocycles. The van der Waals surface area contributed by atoms with E-state index in [1.807, 2.05) is 0 Å². The van der Waals surface area contributed by atoms with Crippen molar-refractivity contribution in [2.75, 3.05) is 0 Å². The fourth-order valence-electron chi connectivity index (χ4n) is 6.25. The summed E-state index contributed by atoms with van der Waals surface area (Å²) in [4.78, 5) is 0. The molecule has 158 valence electrons. The molecule has 2 aromatic rings. The van der Waals surface area contributed by atoms with E-state index in [1.54, 1.807) is 44.5 Å². The Morgan fingerprint density at radius 3 is 1.61 bits per heavy atom. The summed E-state index contributed by atoms with van der Waals surface area (Å²) in [5.74, 6) is 1.70. The molecule has 2 fully saturated rings. The number of allylic oxidation sites excluding steroid dienone is 2. The van der Waals surface area contributed by atoms with Crippen LogP contribution in [0.25, 0.3) is 12.2 Å². The van der Waals surface area contributed by atoms with Gasteiger partial charge in [-0.2, -0.15) is 0 Å². The molecule has 2 atom stereocenters. The monoisotopic (exact) mass is 590 g/mol. The average molecular weight is 589 g/mol. The quantitative estimate of drug-likeness (QED) is 0.301. The standard InChI is InChI=1S/2C13H13.C3H8Si.Hf/c2*1-9-7-11-3-2-4-12(10-5-6-10)13(11)8-9;1-2-3-4;/h2*2-4,7-8,10H,5-6H2,1H3;4H,2-3H2,1H3;. The van der Waals surface area contributed by atoms with Crippen LogP contribution in [0.3, 0.4) is 0 Å². The van der Waals surface area contributed by atoms with Gasteiger partial charge in [-0.1, -0.05) is 0 Å². The SMILES string of the molecule is CCC[SiH]=[Hf]([CH]1C(C)=Cc2c(C3CC3)cccc21)[CH]1C(C)=Cc2c(C3CC3)cccc21. The Bertz CT molecular complexity index is 1060. The van der Waals surface area contributed by atoms with E-state index in [2.05, 4.69) is 69.3 Å². The van der Waals surface area contributed by atoms with Crippen LogP contribution in [0.15, 0.2) is 47.5 Å². The first-order valence-electron chi connectivity index (χ1n) is 12.5. The first-order valence-corrected chi connectivity index (χ1v) is 24.3. The topological polar surface area (TPSA) is 0 Å². The maximum absolute atomic E-state index is 2.62. The number of benzene rings is 2. The second kappa shape index (κ2) is 8.10. The van der Waals surface area contributed by atoms with Crippen LogP contribution in [0.5, 0.6) is 0 Å². The van der Waals surface area contributed by atoms with Gasteiger partial charge in [-0.15, -0.1) is 0 Å². The zero-order valence-corrected chi connectivity index (χ0v) is 24.0. The van der Waals surface area contributed by atoms with Crippen LogP contribution >= 0.6 is 0 Å². The van der Waals surface area contributed by atoms with Crippen molar-refractivity contribution in [3.63, 3.8) is 0 Å². The Morgan fingerprint density at radius 1 is 0.742 bits per heavy atom. The normalized spacial score (nSPS) is 23.8. The molecule has 0 amide bonds. The summed E-state index contributed by atoms with van der Waals surface area (Å²) in [6.07, 6.45) is 12.9. The van der Waals surface area contributed by atoms with E-state index in [0.29, 0.717) is 6.22 Å². The van der Waals surface area contributed by atoms with Gasteiger partial charge in [0.05, 0.1) is 0 Å². The summed E-state index contributed by atoms with van der Waals surface area (Å²) in [5.41, 5.74) is 13.6. The van der Waals surface area contributed by atoms with Crippen molar-refractivity contribution in [1.82, 2.24) is 0 Å². The molecule has 4 aliphatic rings. The molecule has 2 aromatic carbocycles. The van der Waals surface area contributed by atoms with Gasteiger partial charge in [0.15, 0.2) is 0 Å². The average Bonchev–Trinajstić information content (AvgIpc) is 3.68. The van der Waals surface area contributed by atoms with Gasteiger partial charge < -0.3 is 0 Å². The minimum atomic E-state index is -2.03. The molecule has 0 aliphatic heterocycles. The van der Waals surface area contributed by atoms with Crippen LogP contribution in [-0.4, -0.2) is 6.22 Å². The zero-order valence-electron chi connectivity index (χ0n) is 19.2. The molecule has 0 aromatic heterocycles. The van der Waals surface area contributed by atoms with Crippen LogP contribution < -0.4 is 0 Å². The summed E-state index contributed by atoms with van der Waals surface area (Å²) < 4.78 is 1.65. The first-order chi connectivity index (χ1) is 15.2. The van der Waals surface area contributed by atoms with Crippen molar-refractivity contribution in [3.8, 4) is 0 Å². The van der Waals surface area contributed by atoms with Gasteiger partial charge in [-0.05, 0) is 0 Å². The van der Waals surface area contributed by atoms with Crippen molar-refractivity contribution in [2.24, 2.45) is 0 Å². The second-order valence-electron chi connectivity index (χ2n) is 10.4. The van der Waals surface area contributed by atoms with Gasteiger partial charge in [0.1, 0.15) is 0 Å². The molecule has 31 heavy (non-hydrogen) atoms. The number of hydrogen-bond donors (Lipinski definition) is 0. The van der Waals surface area contributed by atoms with Crippen molar-refractivity contribution in [3.05, 3.63) is 80.9 Å². The van der Waals surface area contributed by atoms with Crippen molar-refractivity contribution in [2.45, 2.75) is 78.1 Å². The van der Waals surface area contributed by atoms with Crippen LogP contribution in [0.1, 0.15) is 105 Å². The molecule has 0 spiro atoms. The summed E-state index contributed by atoms with van der Waals surface area (Å²) in [6.45, 7) is 7.36. The first kappa shape index (κ1) is 20.6. The van der Waals surface area contributed by atoms with Crippen LogP contribution in [0.4, 0.5) is 0 Å². The van der Waals surface area contributed by atoms with Crippen molar-refractivity contribution in [1.29, 1.82) is 0 Å². The number of rotatable bonds is 6. The molecule has 0 saturated heterocycles. The van der Waals surface area contributed by atoms with E-state index in [-0.39, 0.29) is 0 Å². The van der Waals surface area contributed by atoms with Crippen molar-refractivity contribution >= 4 is 18.4 Å². The summed E-state index contributed by atoms with van der Waals surface area (Å²) in [6, 6.07) is 16.2. The van der Waals surface area contributed by atoms with Crippen LogP contribution in [-0.2, 0) is 20.1 Å². The van der Waals surface area contributed by atoms with E-state index >= 15 is 0 Å². The number of hydrogen-bond acceptors (Lipinski definition) is 0. The summed E-state index contributed by atoms with van der Waals surface area (Å²) in [7, 11) is 0. The number of fused-ring (bicyclic) bond motifs is 2. The summed E-state index contributed by atoms with van der Waals surface area (Å²) in [5, 5.41) is 0. The van der Waals surface area contributed by atoms with E-state index in [1.165, 1.54) is 38.1 Å². The van der Waals surface area contributed by atoms with E-state index in [9.17, 15) is 0 Å². The van der Waals surface area contributed by atoms with Gasteiger partial charge >= 0.3 is 197 Å². The Balaban J connectivity index is 1.47. The third kappa shape index (κ3) is 3.57. The van der Waals surface area contributed by atoms with Gasteiger partial charge in [-0.25, -0.2) is 0 Å². The predicted molar refractivity (Wildman–Crippen MR) is 132 cm³/mol. The molecule has 2 heteroatoms. The Morgan fingerprint density at radius 2 is 1.19 bits per heavy atom. The minimum absolute atomic E-state index is 0.628. The molecular weight excluding hydrogens is 555 g/mol. The van der Waals surface area contributed by atoms with Gasteiger partial charge in [0, 0.05) is 0 Å². The fourth-order valence-corrected chi connectivity index (χ4v) is 36.3. The Labute approximate surface area is 196 Å². The molecule has 6 rings (SSSR count). The zero-order chi connectivity index (χ0) is 21.1. The summed E-state index contributed by atoms with van der Waals surface area (Å²) >= 11 is -2.03. The van der Waals surface area contributed by atoms with E-state index in [0.717, 1.165) is 19.2 Å². The predicted octanol–water partition coefficient (Wildman–Crippen LogP) is 7.86. The molecule has 0 nitrogen and oxygen atoms in total. The van der Waals surface area contributed by atoms with Gasteiger partial charge in [0.2, 0.25) is 0 Å². The maximum atomic E-state index is 2.62. The molecule has 0 radical (unpaired) electrons. The van der Waals surface area contributed by atoms with Crippen molar-refractivity contribution < 1.29 is 20.1 Å². The third-order valence-electron chi connectivity index (χ3n) is 7.99. The van der Waals surface area contributed by atoms with E-state index < -0.39 is 20.1 Å². The second-order valence-corrected chi connectivity index (χ2v) is 29.0. The third-order valence-corrected chi connectivity index (χ3v) is 33.3. The van der Waals surface area contributed by atoms with Crippen LogP contribution in [0.2, 0.25) is 6.04 Å². The molecule has 0 heterocycles. The molecule has 0 bridgehead atoms. The van der Waals surface area contributed by atoms with Gasteiger partial charge in [0.25, 0.3) is 0 Å².